The van der Waals surface area contributed by atoms with Gasteiger partial charge in [0.1, 0.15) is 11.5 Å². The summed E-state index contributed by atoms with van der Waals surface area (Å²) in [7, 11) is 0. The highest BCUT2D eigenvalue weighted by molar-refractivity contribution is 5.84. The molecule has 1 aromatic carbocycles. The van der Waals surface area contributed by atoms with Gasteiger partial charge in [0, 0.05) is 24.0 Å². The van der Waals surface area contributed by atoms with Crippen molar-refractivity contribution >= 4 is 12.0 Å². The number of furan rings is 1. The van der Waals surface area contributed by atoms with Gasteiger partial charge in [0.05, 0.1) is 0 Å². The molecule has 0 radical (unpaired) electrons. The second kappa shape index (κ2) is 6.65. The molecule has 0 spiro atoms. The molecule has 1 N–H and O–H groups in total. The van der Waals surface area contributed by atoms with Crippen LogP contribution in [0.1, 0.15) is 93.1 Å². The van der Waals surface area contributed by atoms with E-state index in [0.717, 1.165) is 31.1 Å². The highest BCUT2D eigenvalue weighted by Crippen LogP contribution is 2.48. The molecule has 148 valence electrons. The van der Waals surface area contributed by atoms with Crippen LogP contribution in [0, 0.1) is 0 Å². The Morgan fingerprint density at radius 1 is 1.11 bits per heavy atom. The van der Waals surface area contributed by atoms with Crippen molar-refractivity contribution in [1.82, 2.24) is 0 Å². The van der Waals surface area contributed by atoms with Gasteiger partial charge in [-0.1, -0.05) is 45.9 Å². The average molecular weight is 379 g/mol. The summed E-state index contributed by atoms with van der Waals surface area (Å²) in [6.45, 7) is 9.45. The molecule has 2 aliphatic rings. The minimum absolute atomic E-state index is 0.199. The van der Waals surface area contributed by atoms with E-state index in [4.69, 9.17) is 9.52 Å². The first-order valence-corrected chi connectivity index (χ1v) is 10.4. The predicted octanol–water partition coefficient (Wildman–Crippen LogP) is 6.19. The summed E-state index contributed by atoms with van der Waals surface area (Å²) in [6, 6.07) is 9.13. The molecule has 0 aliphatic heterocycles. The predicted molar refractivity (Wildman–Crippen MR) is 112 cm³/mol. The smallest absolute Gasteiger partial charge is 0.328 e. The molecular formula is C25H30O3. The van der Waals surface area contributed by atoms with Gasteiger partial charge in [0.2, 0.25) is 0 Å². The van der Waals surface area contributed by atoms with E-state index in [2.05, 4.69) is 45.9 Å². The summed E-state index contributed by atoms with van der Waals surface area (Å²) >= 11 is 0. The fourth-order valence-corrected chi connectivity index (χ4v) is 4.98. The number of aliphatic carboxylic acids is 1. The van der Waals surface area contributed by atoms with E-state index in [1.807, 2.05) is 6.07 Å². The molecule has 0 bridgehead atoms. The Hall–Kier alpha value is -2.29. The SMILES string of the molecule is CC1(C)CCC(C)(C)c2cc([C@@H]3CCCc4oc(C=CC(=O)O)cc43)ccc21. The van der Waals surface area contributed by atoms with Gasteiger partial charge < -0.3 is 9.52 Å². The van der Waals surface area contributed by atoms with Crippen molar-refractivity contribution in [3.8, 4) is 0 Å². The standard InChI is InChI=1S/C25H30O3/c1-24(2)12-13-25(3,4)21-14-16(8-10-20(21)24)18-6-5-7-22-19(18)15-17(28-22)9-11-23(26)27/h8-11,14-15,18H,5-7,12-13H2,1-4H3,(H,26,27)/t18-/m0/s1. The van der Waals surface area contributed by atoms with E-state index >= 15 is 0 Å². The number of rotatable bonds is 3. The third-order valence-corrected chi connectivity index (χ3v) is 6.80. The Kier molecular flexibility index (Phi) is 4.52. The van der Waals surface area contributed by atoms with Crippen LogP contribution in [0.25, 0.3) is 6.08 Å². The molecule has 28 heavy (non-hydrogen) atoms. The topological polar surface area (TPSA) is 50.4 Å². The van der Waals surface area contributed by atoms with Crippen molar-refractivity contribution in [2.75, 3.05) is 0 Å². The Morgan fingerprint density at radius 3 is 2.54 bits per heavy atom. The van der Waals surface area contributed by atoms with Crippen molar-refractivity contribution in [3.63, 3.8) is 0 Å². The molecular weight excluding hydrogens is 348 g/mol. The number of fused-ring (bicyclic) bond motifs is 2. The average Bonchev–Trinajstić information content (AvgIpc) is 3.07. The number of carbonyl (C=O) groups is 1. The van der Waals surface area contributed by atoms with Crippen LogP contribution in [0.3, 0.4) is 0 Å². The number of carboxylic acids is 1. The number of benzene rings is 1. The van der Waals surface area contributed by atoms with Crippen LogP contribution >= 0.6 is 0 Å². The molecule has 3 nitrogen and oxygen atoms in total. The van der Waals surface area contributed by atoms with Crippen LogP contribution in [0.2, 0.25) is 0 Å². The summed E-state index contributed by atoms with van der Waals surface area (Å²) in [5, 5.41) is 8.88. The van der Waals surface area contributed by atoms with E-state index in [9.17, 15) is 4.79 Å². The number of hydrogen-bond acceptors (Lipinski definition) is 2. The van der Waals surface area contributed by atoms with Gasteiger partial charge in [0.25, 0.3) is 0 Å². The van der Waals surface area contributed by atoms with Gasteiger partial charge >= 0.3 is 5.97 Å². The van der Waals surface area contributed by atoms with Crippen molar-refractivity contribution in [2.24, 2.45) is 0 Å². The van der Waals surface area contributed by atoms with E-state index in [0.29, 0.717) is 11.7 Å². The second-order valence-corrected chi connectivity index (χ2v) is 9.72. The summed E-state index contributed by atoms with van der Waals surface area (Å²) in [4.78, 5) is 10.8. The number of hydrogen-bond donors (Lipinski definition) is 1. The zero-order chi connectivity index (χ0) is 20.1. The fraction of sp³-hybridized carbons (Fsp3) is 0.480. The summed E-state index contributed by atoms with van der Waals surface area (Å²) < 4.78 is 5.94. The maximum Gasteiger partial charge on any atom is 0.328 e. The first-order valence-electron chi connectivity index (χ1n) is 10.4. The Morgan fingerprint density at radius 2 is 1.82 bits per heavy atom. The van der Waals surface area contributed by atoms with E-state index < -0.39 is 5.97 Å². The molecule has 0 unspecified atom stereocenters. The van der Waals surface area contributed by atoms with Gasteiger partial charge in [-0.15, -0.1) is 0 Å². The zero-order valence-corrected chi connectivity index (χ0v) is 17.3. The minimum atomic E-state index is -0.953. The molecule has 1 atom stereocenters. The third-order valence-electron chi connectivity index (χ3n) is 6.80. The lowest BCUT2D eigenvalue weighted by molar-refractivity contribution is -0.131. The lowest BCUT2D eigenvalue weighted by Crippen LogP contribution is -2.34. The molecule has 0 amide bonds. The van der Waals surface area contributed by atoms with Crippen molar-refractivity contribution in [3.05, 3.63) is 64.1 Å². The molecule has 1 aromatic heterocycles. The number of aryl methyl sites for hydroxylation is 1. The van der Waals surface area contributed by atoms with Gasteiger partial charge in [-0.2, -0.15) is 0 Å². The molecule has 2 aromatic rings. The number of carboxylic acid groups (broad SMARTS) is 1. The van der Waals surface area contributed by atoms with Gasteiger partial charge in [-0.25, -0.2) is 4.79 Å². The Balaban J connectivity index is 1.75. The van der Waals surface area contributed by atoms with Gasteiger partial charge in [-0.05, 0) is 65.3 Å². The van der Waals surface area contributed by atoms with Crippen molar-refractivity contribution < 1.29 is 14.3 Å². The van der Waals surface area contributed by atoms with E-state index in [1.54, 1.807) is 6.08 Å². The highest BCUT2D eigenvalue weighted by Gasteiger charge is 2.37. The first-order chi connectivity index (χ1) is 13.2. The third kappa shape index (κ3) is 3.32. The monoisotopic (exact) mass is 378 g/mol. The lowest BCUT2D eigenvalue weighted by Gasteiger charge is -2.42. The first kappa shape index (κ1) is 19.0. The highest BCUT2D eigenvalue weighted by atomic mass is 16.4. The largest absolute Gasteiger partial charge is 0.478 e. The summed E-state index contributed by atoms with van der Waals surface area (Å²) in [5.41, 5.74) is 5.99. The van der Waals surface area contributed by atoms with Crippen LogP contribution in [-0.2, 0) is 22.0 Å². The summed E-state index contributed by atoms with van der Waals surface area (Å²) in [6.07, 6.45) is 8.26. The van der Waals surface area contributed by atoms with Gasteiger partial charge in [-0.3, -0.25) is 0 Å². The quantitative estimate of drug-likeness (QED) is 0.647. The molecule has 0 saturated carbocycles. The zero-order valence-electron chi connectivity index (χ0n) is 17.3. The summed E-state index contributed by atoms with van der Waals surface area (Å²) in [5.74, 6) is 1.02. The van der Waals surface area contributed by atoms with Crippen LogP contribution in [0.15, 0.2) is 34.8 Å². The normalized spacial score (nSPS) is 22.6. The molecule has 0 saturated heterocycles. The molecule has 1 heterocycles. The van der Waals surface area contributed by atoms with Gasteiger partial charge in [0.15, 0.2) is 0 Å². The van der Waals surface area contributed by atoms with E-state index in [1.165, 1.54) is 35.1 Å². The maximum absolute atomic E-state index is 10.8. The van der Waals surface area contributed by atoms with Crippen molar-refractivity contribution in [2.45, 2.75) is 76.5 Å². The fourth-order valence-electron chi connectivity index (χ4n) is 4.98. The Bertz CT molecular complexity index is 943. The molecule has 0 fully saturated rings. The lowest BCUT2D eigenvalue weighted by atomic mass is 9.62. The van der Waals surface area contributed by atoms with Crippen LogP contribution in [0.5, 0.6) is 0 Å². The Labute approximate surface area is 167 Å². The molecule has 3 heteroatoms. The van der Waals surface area contributed by atoms with Crippen LogP contribution < -0.4 is 0 Å². The molecule has 2 aliphatic carbocycles. The van der Waals surface area contributed by atoms with Crippen LogP contribution in [-0.4, -0.2) is 11.1 Å². The van der Waals surface area contributed by atoms with Crippen LogP contribution in [0.4, 0.5) is 0 Å². The second-order valence-electron chi connectivity index (χ2n) is 9.72. The minimum Gasteiger partial charge on any atom is -0.478 e. The van der Waals surface area contributed by atoms with E-state index in [-0.39, 0.29) is 10.8 Å². The van der Waals surface area contributed by atoms with Crippen molar-refractivity contribution in [1.29, 1.82) is 0 Å². The maximum atomic E-state index is 10.8. The molecule has 4 rings (SSSR count).